The van der Waals surface area contributed by atoms with E-state index in [4.69, 9.17) is 61.7 Å². The van der Waals surface area contributed by atoms with Gasteiger partial charge in [0.05, 0.1) is 31.6 Å². The summed E-state index contributed by atoms with van der Waals surface area (Å²) in [5.74, 6) is 6.13. The smallest absolute Gasteiger partial charge is 0.744 e. The van der Waals surface area contributed by atoms with Crippen molar-refractivity contribution < 1.29 is 212 Å². The Hall–Kier alpha value is -9.53. The molecule has 0 fully saturated rings. The molecule has 0 spiro atoms. The predicted octanol–water partition coefficient (Wildman–Crippen LogP) is 10.5. The van der Waals surface area contributed by atoms with E-state index in [9.17, 15) is 60.3 Å². The van der Waals surface area contributed by atoms with Crippen LogP contribution >= 0.6 is 0 Å². The van der Waals surface area contributed by atoms with Crippen LogP contribution in [0.5, 0.6) is 86.2 Å². The number of phenolic OH excluding ortho intramolecular Hbond substituents is 4. The first kappa shape index (κ1) is 87.4. The Morgan fingerprint density at radius 1 is 0.324 bits per heavy atom. The molecule has 0 unspecified atom stereocenters. The fourth-order valence-corrected chi connectivity index (χ4v) is 12.6. The van der Waals surface area contributed by atoms with Gasteiger partial charge in [-0.2, -0.15) is 0 Å². The molecule has 542 valence electrons. The molecule has 0 bridgehead atoms. The molecule has 4 N–H and O–H groups in total. The fourth-order valence-electron chi connectivity index (χ4n) is 8.85. The maximum Gasteiger partial charge on any atom is 1.00 e. The summed E-state index contributed by atoms with van der Waals surface area (Å²) in [4.78, 5) is -1.54. The summed E-state index contributed by atoms with van der Waals surface area (Å²) in [6, 6.07) is 61.8. The number of hydrogen-bond donors (Lipinski definition) is 4. The number of rotatable bonds is 17. The van der Waals surface area contributed by atoms with Crippen molar-refractivity contribution in [3.63, 3.8) is 0 Å². The van der Waals surface area contributed by atoms with E-state index in [-0.39, 0.29) is 162 Å². The van der Waals surface area contributed by atoms with Crippen molar-refractivity contribution in [3.05, 3.63) is 307 Å². The molecule has 0 aliphatic carbocycles. The largest absolute Gasteiger partial charge is 1.00 e. The summed E-state index contributed by atoms with van der Waals surface area (Å²) in [6.07, 6.45) is 10.4. The Bertz CT molecular complexity index is 5490. The number of halogens is 4. The van der Waals surface area contributed by atoms with Gasteiger partial charge in [-0.25, -0.2) is 51.2 Å². The zero-order valence-electron chi connectivity index (χ0n) is 57.0. The zero-order valence-corrected chi connectivity index (χ0v) is 66.5. The number of methoxy groups -OCH3 is 1. The van der Waals surface area contributed by atoms with Crippen LogP contribution < -0.4 is 131 Å². The Morgan fingerprint density at radius 2 is 0.639 bits per heavy atom. The molecule has 12 aromatic carbocycles. The average Bonchev–Trinajstić information content (AvgIpc) is 0.806. The van der Waals surface area contributed by atoms with Gasteiger partial charge in [-0.3, -0.25) is 0 Å². The molecule has 0 aliphatic heterocycles. The molecule has 12 rings (SSSR count). The van der Waals surface area contributed by atoms with Gasteiger partial charge in [-0.05, 0) is 261 Å². The second-order valence-corrected chi connectivity index (χ2v) is 28.2. The topological polar surface area (TPSA) is 319 Å². The number of benzene rings is 12. The SMILES string of the molecule is C#Cc1cc(C)cc(Oc2ccc(Oc3ccc(S(=O)(=O)c4ccc(Oc5ccc(Oc6ccc(OC)cc6)cc5)cc4)cc3)c(S(=O)(=O)[O-])c2)c1.C#Cc1cc(F)cc(F)c1.O=S(=O)([O-])c1cc(O)ccc1O.O=S(=O)(c1ccc(F)cc1)c1ccc(F)cc1.Oc1ccc(Oc2ccc(O)cc2)cc1.[K+].[K+]. The minimum absolute atomic E-state index is 0. The van der Waals surface area contributed by atoms with E-state index in [1.54, 1.807) is 122 Å². The van der Waals surface area contributed by atoms with Crippen molar-refractivity contribution in [2.75, 3.05) is 7.11 Å². The van der Waals surface area contributed by atoms with Crippen molar-refractivity contribution in [1.82, 2.24) is 0 Å². The van der Waals surface area contributed by atoms with Crippen LogP contribution in [0.1, 0.15) is 16.7 Å². The molecule has 0 saturated heterocycles. The van der Waals surface area contributed by atoms with Crippen LogP contribution in [0.25, 0.3) is 0 Å². The Kier molecular flexibility index (Phi) is 32.4. The first-order valence-corrected chi connectivity index (χ1v) is 36.1. The molecule has 108 heavy (non-hydrogen) atoms. The van der Waals surface area contributed by atoms with Gasteiger partial charge in [0.1, 0.15) is 135 Å². The monoisotopic (exact) mass is 1590 g/mol. The van der Waals surface area contributed by atoms with Gasteiger partial charge in [0.2, 0.25) is 19.7 Å². The van der Waals surface area contributed by atoms with E-state index < -0.39 is 78.7 Å². The minimum atomic E-state index is -5.00. The fraction of sp³-hybridized carbons (Fsp3) is 0.0256. The predicted molar refractivity (Wildman–Crippen MR) is 378 cm³/mol. The second-order valence-electron chi connectivity index (χ2n) is 21.7. The third-order valence-corrected chi connectivity index (χ3v) is 19.2. The van der Waals surface area contributed by atoms with Crippen LogP contribution in [0.3, 0.4) is 0 Å². The van der Waals surface area contributed by atoms with Crippen LogP contribution in [0.15, 0.2) is 296 Å². The third kappa shape index (κ3) is 26.4. The standard InChI is InChI=1S/C40H30O10S2.C12H8F2O2S.C12H10O3.C8H4F2.C6H6O5S.2K/c1-4-28-23-27(2)24-36(25-28)49-35-17-22-39(40(26-35)52(43,44)45)50-34-15-20-38(21-16-34)51(41,42)37-18-13-33(14-19-37)48-32-11-9-31(10-12-32)47-30-7-5-29(46-3)6-8-30;13-9-1-5-11(6-2-9)17(15,16)12-7-3-10(14)4-8-12;13-9-1-5-11(6-2-9)15-12-7-3-10(14)4-8-12;1-2-6-3-7(9)5-8(10)4-6;7-4-1-2-5(8)6(3-4)12(9,10)11;;/h1,5-26H,2-3H3,(H,43,44,45);1-8H;1-8,13-14H;1,3-5H;1-3,7-8H,(H,9,10,11);;/q;;;;;2*+1/p-2. The maximum atomic E-state index is 13.4. The number of ether oxygens (including phenoxy) is 6. The second kappa shape index (κ2) is 40.1. The van der Waals surface area contributed by atoms with Crippen molar-refractivity contribution >= 4 is 39.9 Å². The van der Waals surface area contributed by atoms with Gasteiger partial charge in [-0.15, -0.1) is 12.8 Å². The molecule has 0 saturated carbocycles. The van der Waals surface area contributed by atoms with E-state index in [1.165, 1.54) is 84.9 Å². The summed E-state index contributed by atoms with van der Waals surface area (Å²) in [7, 11) is -15.8. The molecule has 12 aromatic rings. The Morgan fingerprint density at radius 3 is 1.00 bits per heavy atom. The van der Waals surface area contributed by atoms with E-state index in [2.05, 4.69) is 11.8 Å². The number of terminal acetylenes is 2. The summed E-state index contributed by atoms with van der Waals surface area (Å²) in [6.45, 7) is 1.82. The molecule has 30 heteroatoms. The number of aromatic hydroxyl groups is 4. The van der Waals surface area contributed by atoms with Crippen LogP contribution in [0.2, 0.25) is 0 Å². The van der Waals surface area contributed by atoms with Crippen LogP contribution in [0.4, 0.5) is 17.6 Å². The van der Waals surface area contributed by atoms with E-state index in [0.29, 0.717) is 51.9 Å². The maximum absolute atomic E-state index is 13.4. The van der Waals surface area contributed by atoms with Crippen molar-refractivity contribution in [2.24, 2.45) is 0 Å². The molecular formula is C78H56F4K2O20S4. The third-order valence-electron chi connectivity index (χ3n) is 13.9. The number of aryl methyl sites for hydroxylation is 1. The van der Waals surface area contributed by atoms with E-state index >= 15 is 0 Å². The molecule has 0 heterocycles. The zero-order chi connectivity index (χ0) is 76.9. The quantitative estimate of drug-likeness (QED) is 0.0164. The van der Waals surface area contributed by atoms with Crippen LogP contribution in [-0.2, 0) is 39.9 Å². The van der Waals surface area contributed by atoms with Crippen molar-refractivity contribution in [1.29, 1.82) is 0 Å². The normalized spacial score (nSPS) is 10.7. The summed E-state index contributed by atoms with van der Waals surface area (Å²) in [5, 5.41) is 35.8. The molecule has 0 aromatic heterocycles. The van der Waals surface area contributed by atoms with Gasteiger partial charge in [-0.1, -0.05) is 11.8 Å². The Labute approximate surface area is 704 Å². The van der Waals surface area contributed by atoms with Gasteiger partial charge < -0.3 is 58.0 Å². The van der Waals surface area contributed by atoms with E-state index in [0.717, 1.165) is 72.0 Å². The first-order chi connectivity index (χ1) is 50.3. The molecule has 0 amide bonds. The molecule has 0 radical (unpaired) electrons. The summed E-state index contributed by atoms with van der Waals surface area (Å²) < 4.78 is 202. The van der Waals surface area contributed by atoms with Crippen LogP contribution in [0, 0.1) is 54.9 Å². The van der Waals surface area contributed by atoms with Crippen molar-refractivity contribution in [2.45, 2.75) is 36.3 Å². The number of sulfone groups is 2. The van der Waals surface area contributed by atoms with Gasteiger partial charge in [0.15, 0.2) is 0 Å². The summed E-state index contributed by atoms with van der Waals surface area (Å²) >= 11 is 0. The van der Waals surface area contributed by atoms with Crippen molar-refractivity contribution in [3.8, 4) is 111 Å². The first-order valence-electron chi connectivity index (χ1n) is 30.3. The van der Waals surface area contributed by atoms with E-state index in [1.807, 2.05) is 6.92 Å². The van der Waals surface area contributed by atoms with Gasteiger partial charge >= 0.3 is 103 Å². The Balaban J connectivity index is 0.000000261. The average molecular weight is 1600 g/mol. The van der Waals surface area contributed by atoms with Gasteiger partial charge in [0, 0.05) is 29.3 Å². The number of phenols is 4. The molecule has 0 atom stereocenters. The summed E-state index contributed by atoms with van der Waals surface area (Å²) in [5.41, 5.74) is 1.62. The molecular weight excluding hydrogens is 1540 g/mol. The molecule has 0 aliphatic rings. The van der Waals surface area contributed by atoms with Crippen LogP contribution in [-0.4, -0.2) is 70.3 Å². The number of hydrogen-bond acceptors (Lipinski definition) is 20. The van der Waals surface area contributed by atoms with Gasteiger partial charge in [0.25, 0.3) is 0 Å². The molecule has 20 nitrogen and oxygen atoms in total. The minimum Gasteiger partial charge on any atom is -0.744 e.